The zero-order valence-corrected chi connectivity index (χ0v) is 10.6. The molecule has 0 fully saturated rings. The zero-order valence-electron chi connectivity index (χ0n) is 9.04. The number of nitro benzene ring substituents is 1. The van der Waals surface area contributed by atoms with Crippen LogP contribution >= 0.6 is 15.9 Å². The Balaban J connectivity index is 2.35. The van der Waals surface area contributed by atoms with Crippen molar-refractivity contribution < 1.29 is 9.66 Å². The minimum atomic E-state index is -0.488. The monoisotopic (exact) mass is 309 g/mol. The SMILES string of the molecule is Nc1cc(Oc2cccc([N+](=O)[O-])c2Br)ccn1. The molecule has 2 aromatic rings. The van der Waals surface area contributed by atoms with E-state index in [0.717, 1.165) is 0 Å². The molecule has 0 saturated carbocycles. The topological polar surface area (TPSA) is 91.3 Å². The predicted octanol–water partition coefficient (Wildman–Crippen LogP) is 3.13. The van der Waals surface area contributed by atoms with Gasteiger partial charge in [-0.05, 0) is 28.1 Å². The second-order valence-corrected chi connectivity index (χ2v) is 4.16. The van der Waals surface area contributed by atoms with Gasteiger partial charge in [0, 0.05) is 18.3 Å². The third kappa shape index (κ3) is 2.57. The van der Waals surface area contributed by atoms with Crippen LogP contribution in [0.4, 0.5) is 11.5 Å². The smallest absolute Gasteiger partial charge is 0.287 e. The fraction of sp³-hybridized carbons (Fsp3) is 0. The number of pyridine rings is 1. The molecule has 0 radical (unpaired) electrons. The molecule has 0 spiro atoms. The van der Waals surface area contributed by atoms with Crippen LogP contribution in [0.25, 0.3) is 0 Å². The number of ether oxygens (including phenoxy) is 1. The van der Waals surface area contributed by atoms with Crippen molar-refractivity contribution in [1.29, 1.82) is 0 Å². The largest absolute Gasteiger partial charge is 0.456 e. The van der Waals surface area contributed by atoms with E-state index in [1.165, 1.54) is 18.3 Å². The summed E-state index contributed by atoms with van der Waals surface area (Å²) in [4.78, 5) is 14.1. The average molecular weight is 310 g/mol. The fourth-order valence-electron chi connectivity index (χ4n) is 1.34. The van der Waals surface area contributed by atoms with E-state index in [4.69, 9.17) is 10.5 Å². The van der Waals surface area contributed by atoms with Crippen LogP contribution in [-0.2, 0) is 0 Å². The van der Waals surface area contributed by atoms with Crippen LogP contribution in [0.15, 0.2) is 41.0 Å². The zero-order chi connectivity index (χ0) is 13.1. The van der Waals surface area contributed by atoms with Gasteiger partial charge in [0.2, 0.25) is 0 Å². The summed E-state index contributed by atoms with van der Waals surface area (Å²) in [7, 11) is 0. The van der Waals surface area contributed by atoms with Gasteiger partial charge in [0.25, 0.3) is 5.69 Å². The molecule has 0 atom stereocenters. The number of nitrogens with two attached hydrogens (primary N) is 1. The van der Waals surface area contributed by atoms with Crippen LogP contribution in [0.5, 0.6) is 11.5 Å². The number of nitro groups is 1. The normalized spacial score (nSPS) is 10.1. The highest BCUT2D eigenvalue weighted by Gasteiger charge is 2.16. The molecule has 18 heavy (non-hydrogen) atoms. The maximum absolute atomic E-state index is 10.8. The Hall–Kier alpha value is -2.15. The Morgan fingerprint density at radius 1 is 1.39 bits per heavy atom. The van der Waals surface area contributed by atoms with Crippen molar-refractivity contribution in [2.75, 3.05) is 5.73 Å². The van der Waals surface area contributed by atoms with E-state index in [1.807, 2.05) is 0 Å². The molecule has 6 nitrogen and oxygen atoms in total. The molecule has 7 heteroatoms. The summed E-state index contributed by atoms with van der Waals surface area (Å²) >= 11 is 3.14. The van der Waals surface area contributed by atoms with Crippen molar-refractivity contribution >= 4 is 27.4 Å². The van der Waals surface area contributed by atoms with Crippen LogP contribution in [-0.4, -0.2) is 9.91 Å². The first kappa shape index (κ1) is 12.3. The third-order valence-corrected chi connectivity index (χ3v) is 2.92. The van der Waals surface area contributed by atoms with Crippen molar-refractivity contribution in [1.82, 2.24) is 4.98 Å². The molecule has 92 valence electrons. The van der Waals surface area contributed by atoms with Gasteiger partial charge in [0.05, 0.1) is 4.92 Å². The quantitative estimate of drug-likeness (QED) is 0.694. The summed E-state index contributed by atoms with van der Waals surface area (Å²) in [5.74, 6) is 1.12. The van der Waals surface area contributed by atoms with E-state index >= 15 is 0 Å². The van der Waals surface area contributed by atoms with E-state index in [9.17, 15) is 10.1 Å². The van der Waals surface area contributed by atoms with Gasteiger partial charge >= 0.3 is 0 Å². The van der Waals surface area contributed by atoms with Crippen molar-refractivity contribution in [2.24, 2.45) is 0 Å². The summed E-state index contributed by atoms with van der Waals surface area (Å²) in [5, 5.41) is 10.8. The van der Waals surface area contributed by atoms with Gasteiger partial charge in [-0.15, -0.1) is 0 Å². The Bertz CT molecular complexity index is 604. The molecule has 0 bridgehead atoms. The molecule has 0 unspecified atom stereocenters. The fourth-order valence-corrected chi connectivity index (χ4v) is 1.83. The molecule has 0 aliphatic rings. The summed E-state index contributed by atoms with van der Waals surface area (Å²) in [6.07, 6.45) is 1.50. The Kier molecular flexibility index (Phi) is 3.42. The second kappa shape index (κ2) is 5.01. The highest BCUT2D eigenvalue weighted by Crippen LogP contribution is 2.36. The summed E-state index contributed by atoms with van der Waals surface area (Å²) in [6, 6.07) is 7.70. The van der Waals surface area contributed by atoms with Gasteiger partial charge < -0.3 is 10.5 Å². The Morgan fingerprint density at radius 2 is 2.17 bits per heavy atom. The van der Waals surface area contributed by atoms with Gasteiger partial charge in [-0.1, -0.05) is 6.07 Å². The highest BCUT2D eigenvalue weighted by molar-refractivity contribution is 9.10. The molecule has 0 aliphatic heterocycles. The van der Waals surface area contributed by atoms with Crippen LogP contribution < -0.4 is 10.5 Å². The number of rotatable bonds is 3. The predicted molar refractivity (Wildman–Crippen MR) is 69.5 cm³/mol. The lowest BCUT2D eigenvalue weighted by Crippen LogP contribution is -1.93. The number of hydrogen-bond acceptors (Lipinski definition) is 5. The van der Waals surface area contributed by atoms with Crippen LogP contribution in [0, 0.1) is 10.1 Å². The number of anilines is 1. The number of nitrogen functional groups attached to an aromatic ring is 1. The summed E-state index contributed by atoms with van der Waals surface area (Å²) in [5.41, 5.74) is 5.46. The van der Waals surface area contributed by atoms with Gasteiger partial charge in [-0.2, -0.15) is 0 Å². The van der Waals surface area contributed by atoms with Crippen molar-refractivity contribution in [3.05, 3.63) is 51.1 Å². The molecule has 0 amide bonds. The first-order valence-corrected chi connectivity index (χ1v) is 5.69. The van der Waals surface area contributed by atoms with Crippen LogP contribution in [0.1, 0.15) is 0 Å². The Morgan fingerprint density at radius 3 is 2.83 bits per heavy atom. The standard InChI is InChI=1S/C11H8BrN3O3/c12-11-8(15(16)17)2-1-3-9(11)18-7-4-5-14-10(13)6-7/h1-6H,(H2,13,14). The molecule has 1 aromatic carbocycles. The van der Waals surface area contributed by atoms with Crippen molar-refractivity contribution in [3.63, 3.8) is 0 Å². The van der Waals surface area contributed by atoms with Crippen molar-refractivity contribution in [3.8, 4) is 11.5 Å². The number of benzene rings is 1. The maximum Gasteiger partial charge on any atom is 0.287 e. The number of nitrogens with zero attached hydrogens (tertiary/aromatic N) is 2. The number of halogens is 1. The molecule has 1 heterocycles. The summed E-state index contributed by atoms with van der Waals surface area (Å²) in [6.45, 7) is 0. The van der Waals surface area contributed by atoms with E-state index in [1.54, 1.807) is 18.2 Å². The lowest BCUT2D eigenvalue weighted by atomic mass is 10.3. The van der Waals surface area contributed by atoms with Gasteiger partial charge in [-0.25, -0.2) is 4.98 Å². The second-order valence-electron chi connectivity index (χ2n) is 3.36. The Labute approximate surface area is 111 Å². The minimum absolute atomic E-state index is 0.0606. The molecule has 0 saturated heterocycles. The minimum Gasteiger partial charge on any atom is -0.456 e. The summed E-state index contributed by atoms with van der Waals surface area (Å²) < 4.78 is 5.79. The molecule has 0 aliphatic carbocycles. The molecule has 2 N–H and O–H groups in total. The molecule has 1 aromatic heterocycles. The molecule has 2 rings (SSSR count). The van der Waals surface area contributed by atoms with Gasteiger partial charge in [0.15, 0.2) is 0 Å². The molecular weight excluding hydrogens is 302 g/mol. The highest BCUT2D eigenvalue weighted by atomic mass is 79.9. The lowest BCUT2D eigenvalue weighted by Gasteiger charge is -2.07. The number of hydrogen-bond donors (Lipinski definition) is 1. The maximum atomic E-state index is 10.8. The lowest BCUT2D eigenvalue weighted by molar-refractivity contribution is -0.385. The first-order chi connectivity index (χ1) is 8.58. The van der Waals surface area contributed by atoms with Crippen LogP contribution in [0.3, 0.4) is 0 Å². The van der Waals surface area contributed by atoms with E-state index in [2.05, 4.69) is 20.9 Å². The van der Waals surface area contributed by atoms with Crippen LogP contribution in [0.2, 0.25) is 0 Å². The third-order valence-electron chi connectivity index (χ3n) is 2.12. The van der Waals surface area contributed by atoms with E-state index in [0.29, 0.717) is 17.3 Å². The number of aromatic nitrogens is 1. The average Bonchev–Trinajstić information content (AvgIpc) is 2.31. The van der Waals surface area contributed by atoms with Gasteiger partial charge in [0.1, 0.15) is 21.8 Å². The van der Waals surface area contributed by atoms with Gasteiger partial charge in [-0.3, -0.25) is 10.1 Å². The van der Waals surface area contributed by atoms with E-state index < -0.39 is 4.92 Å². The van der Waals surface area contributed by atoms with E-state index in [-0.39, 0.29) is 10.2 Å². The first-order valence-electron chi connectivity index (χ1n) is 4.90. The van der Waals surface area contributed by atoms with Crippen molar-refractivity contribution in [2.45, 2.75) is 0 Å². The molecular formula is C11H8BrN3O3.